The molecule has 1 aromatic heterocycles. The number of nitrogens with zero attached hydrogens (tertiary/aromatic N) is 1. The molecule has 1 aromatic carbocycles. The molecular weight excluding hydrogens is 283 g/mol. The minimum Gasteiger partial charge on any atom is -0.334 e. The fraction of sp³-hybridized carbons (Fsp3) is 0.143. The van der Waals surface area contributed by atoms with Gasteiger partial charge in [-0.05, 0) is 17.7 Å². The van der Waals surface area contributed by atoms with Crippen molar-refractivity contribution in [1.82, 2.24) is 10.3 Å². The lowest BCUT2D eigenvalue weighted by Gasteiger charge is -2.10. The molecule has 0 aliphatic heterocycles. The first kappa shape index (κ1) is 14.8. The van der Waals surface area contributed by atoms with Crippen LogP contribution in [-0.2, 0) is 12.7 Å². The highest BCUT2D eigenvalue weighted by Crippen LogP contribution is 2.28. The highest BCUT2D eigenvalue weighted by atomic mass is 19.4. The second kappa shape index (κ2) is 6.25. The van der Waals surface area contributed by atoms with Gasteiger partial charge in [0, 0.05) is 18.4 Å². The van der Waals surface area contributed by atoms with E-state index in [0.29, 0.717) is 0 Å². The molecule has 0 aliphatic carbocycles. The number of anilines is 1. The summed E-state index contributed by atoms with van der Waals surface area (Å²) >= 11 is 0. The van der Waals surface area contributed by atoms with E-state index in [0.717, 1.165) is 17.8 Å². The molecule has 0 unspecified atom stereocenters. The van der Waals surface area contributed by atoms with Gasteiger partial charge in [0.2, 0.25) is 0 Å². The van der Waals surface area contributed by atoms with Gasteiger partial charge in [-0.2, -0.15) is 13.2 Å². The van der Waals surface area contributed by atoms with Gasteiger partial charge in [-0.25, -0.2) is 4.79 Å². The smallest absolute Gasteiger partial charge is 0.334 e. The fourth-order valence-corrected chi connectivity index (χ4v) is 1.62. The van der Waals surface area contributed by atoms with Crippen molar-refractivity contribution in [3.8, 4) is 0 Å². The fourth-order valence-electron chi connectivity index (χ4n) is 1.62. The second-order valence-corrected chi connectivity index (χ2v) is 4.22. The van der Waals surface area contributed by atoms with Crippen molar-refractivity contribution in [2.24, 2.45) is 0 Å². The van der Waals surface area contributed by atoms with E-state index in [-0.39, 0.29) is 12.2 Å². The van der Waals surface area contributed by atoms with E-state index in [2.05, 4.69) is 15.6 Å². The highest BCUT2D eigenvalue weighted by Gasteiger charge is 2.32. The van der Waals surface area contributed by atoms with Crippen LogP contribution in [0.3, 0.4) is 0 Å². The van der Waals surface area contributed by atoms with E-state index < -0.39 is 17.9 Å². The lowest BCUT2D eigenvalue weighted by Crippen LogP contribution is -2.28. The first-order valence-corrected chi connectivity index (χ1v) is 6.07. The van der Waals surface area contributed by atoms with Gasteiger partial charge in [-0.1, -0.05) is 30.3 Å². The summed E-state index contributed by atoms with van der Waals surface area (Å²) in [5.74, 6) is 0. The first-order chi connectivity index (χ1) is 9.95. The zero-order valence-electron chi connectivity index (χ0n) is 10.8. The molecule has 2 amide bonds. The summed E-state index contributed by atoms with van der Waals surface area (Å²) in [6.45, 7) is 0.282. The molecule has 2 aromatic rings. The molecule has 0 atom stereocenters. The minimum absolute atomic E-state index is 0.0305. The van der Waals surface area contributed by atoms with E-state index in [4.69, 9.17) is 0 Å². The number of benzene rings is 1. The molecule has 2 N–H and O–H groups in total. The number of urea groups is 1. The van der Waals surface area contributed by atoms with Crippen molar-refractivity contribution >= 4 is 11.7 Å². The van der Waals surface area contributed by atoms with Gasteiger partial charge in [0.1, 0.15) is 5.69 Å². The van der Waals surface area contributed by atoms with Crippen molar-refractivity contribution in [3.05, 3.63) is 59.9 Å². The van der Waals surface area contributed by atoms with E-state index in [1.54, 1.807) is 0 Å². The quantitative estimate of drug-likeness (QED) is 0.911. The van der Waals surface area contributed by atoms with Gasteiger partial charge in [0.15, 0.2) is 0 Å². The number of hydrogen-bond donors (Lipinski definition) is 2. The monoisotopic (exact) mass is 295 g/mol. The largest absolute Gasteiger partial charge is 0.433 e. The zero-order chi connectivity index (χ0) is 15.3. The Kier molecular flexibility index (Phi) is 4.42. The molecule has 0 saturated heterocycles. The maximum atomic E-state index is 12.5. The number of carbonyl (C=O) groups is 1. The van der Waals surface area contributed by atoms with Gasteiger partial charge >= 0.3 is 12.2 Å². The van der Waals surface area contributed by atoms with Crippen molar-refractivity contribution in [1.29, 1.82) is 0 Å². The Morgan fingerprint density at radius 3 is 2.52 bits per heavy atom. The number of rotatable bonds is 3. The van der Waals surface area contributed by atoms with Crippen LogP contribution in [0.25, 0.3) is 0 Å². The molecule has 0 saturated carbocycles. The van der Waals surface area contributed by atoms with Crippen molar-refractivity contribution in [3.63, 3.8) is 0 Å². The predicted molar refractivity (Wildman–Crippen MR) is 71.5 cm³/mol. The Balaban J connectivity index is 1.94. The summed E-state index contributed by atoms with van der Waals surface area (Å²) in [4.78, 5) is 14.8. The summed E-state index contributed by atoms with van der Waals surface area (Å²) in [7, 11) is 0. The van der Waals surface area contributed by atoms with E-state index in [1.165, 1.54) is 6.07 Å². The maximum absolute atomic E-state index is 12.5. The van der Waals surface area contributed by atoms with Crippen molar-refractivity contribution in [2.45, 2.75) is 12.7 Å². The number of nitrogens with one attached hydrogen (secondary N) is 2. The average Bonchev–Trinajstić information content (AvgIpc) is 2.46. The van der Waals surface area contributed by atoms with Crippen LogP contribution in [0.2, 0.25) is 0 Å². The van der Waals surface area contributed by atoms with Crippen LogP contribution >= 0.6 is 0 Å². The lowest BCUT2D eigenvalue weighted by molar-refractivity contribution is -0.141. The van der Waals surface area contributed by atoms with Gasteiger partial charge in [0.05, 0.1) is 0 Å². The Morgan fingerprint density at radius 2 is 1.86 bits per heavy atom. The molecule has 0 radical (unpaired) electrons. The summed E-state index contributed by atoms with van der Waals surface area (Å²) in [5, 5.41) is 4.89. The van der Waals surface area contributed by atoms with Crippen LogP contribution < -0.4 is 10.6 Å². The van der Waals surface area contributed by atoms with E-state index in [1.807, 2.05) is 30.3 Å². The molecule has 0 fully saturated rings. The molecular formula is C14H12F3N3O. The lowest BCUT2D eigenvalue weighted by atomic mass is 10.2. The zero-order valence-corrected chi connectivity index (χ0v) is 10.8. The molecule has 1 heterocycles. The molecule has 0 bridgehead atoms. The van der Waals surface area contributed by atoms with E-state index in [9.17, 15) is 18.0 Å². The molecule has 110 valence electrons. The third kappa shape index (κ3) is 4.48. The summed E-state index contributed by atoms with van der Waals surface area (Å²) < 4.78 is 37.5. The molecule has 7 heteroatoms. The highest BCUT2D eigenvalue weighted by molar-refractivity contribution is 5.89. The third-order valence-electron chi connectivity index (χ3n) is 2.60. The Labute approximate surface area is 119 Å². The number of aromatic nitrogens is 1. The number of pyridine rings is 1. The predicted octanol–water partition coefficient (Wildman–Crippen LogP) is 3.42. The maximum Gasteiger partial charge on any atom is 0.433 e. The van der Waals surface area contributed by atoms with Crippen LogP contribution in [0.5, 0.6) is 0 Å². The normalized spacial score (nSPS) is 11.0. The van der Waals surface area contributed by atoms with Crippen LogP contribution in [0, 0.1) is 0 Å². The Hall–Kier alpha value is -2.57. The third-order valence-corrected chi connectivity index (χ3v) is 2.60. The number of amides is 2. The summed E-state index contributed by atoms with van der Waals surface area (Å²) in [6.07, 6.45) is -3.55. The topological polar surface area (TPSA) is 54.0 Å². The van der Waals surface area contributed by atoms with Crippen molar-refractivity contribution in [2.75, 3.05) is 5.32 Å². The first-order valence-electron chi connectivity index (χ1n) is 6.07. The molecule has 0 aliphatic rings. The van der Waals surface area contributed by atoms with Crippen LogP contribution in [0.4, 0.5) is 23.7 Å². The Morgan fingerprint density at radius 1 is 1.14 bits per heavy atom. The number of alkyl halides is 3. The van der Waals surface area contributed by atoms with Crippen molar-refractivity contribution < 1.29 is 18.0 Å². The van der Waals surface area contributed by atoms with Crippen LogP contribution in [0.1, 0.15) is 11.3 Å². The summed E-state index contributed by atoms with van der Waals surface area (Å²) in [6, 6.07) is 10.6. The van der Waals surface area contributed by atoms with Crippen LogP contribution in [0.15, 0.2) is 48.7 Å². The standard InChI is InChI=1S/C14H12F3N3O/c15-14(16,17)12-8-11(6-7-18-12)20-13(21)19-9-10-4-2-1-3-5-10/h1-8H,9H2,(H2,18,19,20,21). The van der Waals surface area contributed by atoms with Gasteiger partial charge < -0.3 is 10.6 Å². The van der Waals surface area contributed by atoms with Gasteiger partial charge in [-0.3, -0.25) is 4.98 Å². The minimum atomic E-state index is -4.54. The number of halogens is 3. The van der Waals surface area contributed by atoms with Gasteiger partial charge in [0.25, 0.3) is 0 Å². The number of carbonyl (C=O) groups excluding carboxylic acids is 1. The van der Waals surface area contributed by atoms with E-state index >= 15 is 0 Å². The summed E-state index contributed by atoms with van der Waals surface area (Å²) in [5.41, 5.74) is -0.135. The number of hydrogen-bond acceptors (Lipinski definition) is 2. The molecule has 0 spiro atoms. The molecule has 4 nitrogen and oxygen atoms in total. The van der Waals surface area contributed by atoms with Gasteiger partial charge in [-0.15, -0.1) is 0 Å². The molecule has 2 rings (SSSR count). The average molecular weight is 295 g/mol. The van der Waals surface area contributed by atoms with Crippen LogP contribution in [-0.4, -0.2) is 11.0 Å². The Bertz CT molecular complexity index is 614. The second-order valence-electron chi connectivity index (χ2n) is 4.22. The SMILES string of the molecule is O=C(NCc1ccccc1)Nc1ccnc(C(F)(F)F)c1. The molecule has 21 heavy (non-hydrogen) atoms.